The molecule has 28 heavy (non-hydrogen) atoms. The molecule has 1 aliphatic rings. The molecule has 0 bridgehead atoms. The summed E-state index contributed by atoms with van der Waals surface area (Å²) in [7, 11) is 0. The summed E-state index contributed by atoms with van der Waals surface area (Å²) in [5.41, 5.74) is 2.83. The standard InChI is InChI=1S/C21H23N3O4/c1-2-28-21(27)23-17-10-8-16(9-11-17)20(26)22-14-15-5-3-6-18(13-15)24-12-4-7-19(24)25/h3,5-6,8-11,13H,2,4,7,12,14H2,1H3,(H,22,26)(H,23,27). The van der Waals surface area contributed by atoms with E-state index in [2.05, 4.69) is 10.6 Å². The van der Waals surface area contributed by atoms with Crippen LogP contribution in [0.5, 0.6) is 0 Å². The van der Waals surface area contributed by atoms with Gasteiger partial charge in [-0.25, -0.2) is 4.79 Å². The summed E-state index contributed by atoms with van der Waals surface area (Å²) < 4.78 is 4.81. The summed E-state index contributed by atoms with van der Waals surface area (Å²) >= 11 is 0. The lowest BCUT2D eigenvalue weighted by molar-refractivity contribution is -0.117. The molecule has 3 amide bonds. The van der Waals surface area contributed by atoms with Gasteiger partial charge in [-0.15, -0.1) is 0 Å². The van der Waals surface area contributed by atoms with E-state index < -0.39 is 6.09 Å². The highest BCUT2D eigenvalue weighted by Crippen LogP contribution is 2.22. The quantitative estimate of drug-likeness (QED) is 0.804. The van der Waals surface area contributed by atoms with Crippen LogP contribution in [0.15, 0.2) is 48.5 Å². The van der Waals surface area contributed by atoms with Gasteiger partial charge in [0.15, 0.2) is 0 Å². The van der Waals surface area contributed by atoms with Crippen LogP contribution in [0.25, 0.3) is 0 Å². The molecule has 0 saturated carbocycles. The molecule has 1 fully saturated rings. The normalized spacial score (nSPS) is 13.3. The average Bonchev–Trinajstić information content (AvgIpc) is 3.13. The SMILES string of the molecule is CCOC(=O)Nc1ccc(C(=O)NCc2cccc(N3CCCC3=O)c2)cc1. The van der Waals surface area contributed by atoms with Crippen molar-refractivity contribution in [2.24, 2.45) is 0 Å². The number of rotatable bonds is 6. The van der Waals surface area contributed by atoms with Crippen molar-refractivity contribution in [2.75, 3.05) is 23.4 Å². The van der Waals surface area contributed by atoms with Crippen LogP contribution in [-0.2, 0) is 16.1 Å². The summed E-state index contributed by atoms with van der Waals surface area (Å²) in [5, 5.41) is 5.45. The topological polar surface area (TPSA) is 87.7 Å². The summed E-state index contributed by atoms with van der Waals surface area (Å²) in [6, 6.07) is 14.2. The molecule has 3 rings (SSSR count). The first-order valence-corrected chi connectivity index (χ1v) is 9.28. The van der Waals surface area contributed by atoms with Gasteiger partial charge in [-0.3, -0.25) is 14.9 Å². The van der Waals surface area contributed by atoms with E-state index >= 15 is 0 Å². The highest BCUT2D eigenvalue weighted by atomic mass is 16.5. The second-order valence-electron chi connectivity index (χ2n) is 6.42. The van der Waals surface area contributed by atoms with E-state index in [1.165, 1.54) is 0 Å². The first-order chi connectivity index (χ1) is 13.6. The second kappa shape index (κ2) is 9.03. The molecule has 0 spiro atoms. The summed E-state index contributed by atoms with van der Waals surface area (Å²) in [6.45, 7) is 3.11. The number of amides is 3. The fraction of sp³-hybridized carbons (Fsp3) is 0.286. The number of anilines is 2. The summed E-state index contributed by atoms with van der Waals surface area (Å²) in [5.74, 6) is -0.0805. The van der Waals surface area contributed by atoms with E-state index in [-0.39, 0.29) is 11.8 Å². The van der Waals surface area contributed by atoms with Gasteiger partial charge in [-0.05, 0) is 55.3 Å². The zero-order valence-electron chi connectivity index (χ0n) is 15.7. The van der Waals surface area contributed by atoms with Gasteiger partial charge in [0.1, 0.15) is 0 Å². The minimum absolute atomic E-state index is 0.137. The van der Waals surface area contributed by atoms with Crippen molar-refractivity contribution in [2.45, 2.75) is 26.3 Å². The van der Waals surface area contributed by atoms with Crippen molar-refractivity contribution >= 4 is 29.3 Å². The fourth-order valence-corrected chi connectivity index (χ4v) is 3.03. The molecule has 0 aromatic heterocycles. The molecule has 7 nitrogen and oxygen atoms in total. The van der Waals surface area contributed by atoms with E-state index in [1.54, 1.807) is 36.1 Å². The Morgan fingerprint density at radius 3 is 2.61 bits per heavy atom. The fourth-order valence-electron chi connectivity index (χ4n) is 3.03. The molecular formula is C21H23N3O4. The van der Waals surface area contributed by atoms with Gasteiger partial charge in [-0.2, -0.15) is 0 Å². The Bertz CT molecular complexity index is 864. The van der Waals surface area contributed by atoms with Crippen molar-refractivity contribution < 1.29 is 19.1 Å². The minimum atomic E-state index is -0.531. The molecule has 0 atom stereocenters. The predicted molar refractivity (Wildman–Crippen MR) is 106 cm³/mol. The first-order valence-electron chi connectivity index (χ1n) is 9.28. The lowest BCUT2D eigenvalue weighted by atomic mass is 10.1. The molecule has 7 heteroatoms. The molecule has 2 N–H and O–H groups in total. The average molecular weight is 381 g/mol. The van der Waals surface area contributed by atoms with E-state index in [9.17, 15) is 14.4 Å². The zero-order chi connectivity index (χ0) is 19.9. The first kappa shape index (κ1) is 19.4. The zero-order valence-corrected chi connectivity index (χ0v) is 15.7. The molecule has 1 saturated heterocycles. The molecule has 0 aliphatic carbocycles. The number of carbonyl (C=O) groups excluding carboxylic acids is 3. The number of benzene rings is 2. The molecule has 0 unspecified atom stereocenters. The van der Waals surface area contributed by atoms with Gasteiger partial charge in [0, 0.05) is 36.4 Å². The highest BCUT2D eigenvalue weighted by Gasteiger charge is 2.21. The Hall–Kier alpha value is -3.35. The molecule has 146 valence electrons. The van der Waals surface area contributed by atoms with Crippen molar-refractivity contribution in [3.8, 4) is 0 Å². The van der Waals surface area contributed by atoms with E-state index in [1.807, 2.05) is 24.3 Å². The largest absolute Gasteiger partial charge is 0.450 e. The number of hydrogen-bond donors (Lipinski definition) is 2. The lowest BCUT2D eigenvalue weighted by Crippen LogP contribution is -2.25. The van der Waals surface area contributed by atoms with Crippen LogP contribution in [0.3, 0.4) is 0 Å². The number of carbonyl (C=O) groups is 3. The Kier molecular flexibility index (Phi) is 6.26. The molecule has 1 aliphatic heterocycles. The van der Waals surface area contributed by atoms with Crippen LogP contribution in [0, 0.1) is 0 Å². The lowest BCUT2D eigenvalue weighted by Gasteiger charge is -2.16. The van der Waals surface area contributed by atoms with Crippen LogP contribution in [0.1, 0.15) is 35.7 Å². The van der Waals surface area contributed by atoms with Crippen LogP contribution in [0.4, 0.5) is 16.2 Å². The Balaban J connectivity index is 1.57. The van der Waals surface area contributed by atoms with E-state index in [0.29, 0.717) is 30.8 Å². The second-order valence-corrected chi connectivity index (χ2v) is 6.42. The molecule has 0 radical (unpaired) electrons. The maximum Gasteiger partial charge on any atom is 0.411 e. The predicted octanol–water partition coefficient (Wildman–Crippen LogP) is 3.31. The monoisotopic (exact) mass is 381 g/mol. The van der Waals surface area contributed by atoms with Gasteiger partial charge in [0.25, 0.3) is 5.91 Å². The van der Waals surface area contributed by atoms with Crippen LogP contribution < -0.4 is 15.5 Å². The molecule has 2 aromatic carbocycles. The van der Waals surface area contributed by atoms with Crippen molar-refractivity contribution in [3.63, 3.8) is 0 Å². The molecule has 1 heterocycles. The maximum atomic E-state index is 12.4. The summed E-state index contributed by atoms with van der Waals surface area (Å²) in [4.78, 5) is 37.4. The van der Waals surface area contributed by atoms with Gasteiger partial charge in [-0.1, -0.05) is 12.1 Å². The number of ether oxygens (including phenoxy) is 1. The van der Waals surface area contributed by atoms with Crippen LogP contribution in [0.2, 0.25) is 0 Å². The number of hydrogen-bond acceptors (Lipinski definition) is 4. The Morgan fingerprint density at radius 2 is 1.93 bits per heavy atom. The van der Waals surface area contributed by atoms with Crippen LogP contribution >= 0.6 is 0 Å². The van der Waals surface area contributed by atoms with Gasteiger partial charge in [0.05, 0.1) is 6.61 Å². The van der Waals surface area contributed by atoms with Crippen molar-refractivity contribution in [1.29, 1.82) is 0 Å². The Labute approximate surface area is 163 Å². The van der Waals surface area contributed by atoms with E-state index in [4.69, 9.17) is 4.74 Å². The third-order valence-corrected chi connectivity index (χ3v) is 4.42. The van der Waals surface area contributed by atoms with Crippen molar-refractivity contribution in [1.82, 2.24) is 5.32 Å². The Morgan fingerprint density at radius 1 is 1.14 bits per heavy atom. The number of nitrogens with one attached hydrogen (secondary N) is 2. The van der Waals surface area contributed by atoms with Gasteiger partial charge in [0.2, 0.25) is 5.91 Å². The minimum Gasteiger partial charge on any atom is -0.450 e. The third kappa shape index (κ3) is 4.88. The molecular weight excluding hydrogens is 358 g/mol. The highest BCUT2D eigenvalue weighted by molar-refractivity contribution is 5.96. The number of nitrogens with zero attached hydrogens (tertiary/aromatic N) is 1. The smallest absolute Gasteiger partial charge is 0.411 e. The summed E-state index contributed by atoms with van der Waals surface area (Å²) in [6.07, 6.45) is 0.930. The van der Waals surface area contributed by atoms with E-state index in [0.717, 1.165) is 24.2 Å². The van der Waals surface area contributed by atoms with Gasteiger partial charge < -0.3 is 15.0 Å². The molecule has 2 aromatic rings. The maximum absolute atomic E-state index is 12.4. The van der Waals surface area contributed by atoms with Crippen molar-refractivity contribution in [3.05, 3.63) is 59.7 Å². The van der Waals surface area contributed by atoms with Gasteiger partial charge >= 0.3 is 6.09 Å². The van der Waals surface area contributed by atoms with Crippen LogP contribution in [-0.4, -0.2) is 31.1 Å². The third-order valence-electron chi connectivity index (χ3n) is 4.42.